The summed E-state index contributed by atoms with van der Waals surface area (Å²) in [4.78, 5) is 14.8. The molecule has 0 radical (unpaired) electrons. The lowest BCUT2D eigenvalue weighted by Crippen LogP contribution is -2.07. The molecule has 2 rings (SSSR count). The summed E-state index contributed by atoms with van der Waals surface area (Å²) in [7, 11) is 1.12. The van der Waals surface area contributed by atoms with Gasteiger partial charge < -0.3 is 9.84 Å². The Balaban J connectivity index is 2.55. The van der Waals surface area contributed by atoms with E-state index >= 15 is 0 Å². The Labute approximate surface area is 128 Å². The predicted molar refractivity (Wildman–Crippen MR) is 73.2 cm³/mol. The monoisotopic (exact) mass is 331 g/mol. The number of hydrogen-bond acceptors (Lipinski definition) is 3. The fourth-order valence-electron chi connectivity index (χ4n) is 1.84. The minimum absolute atomic E-state index is 0.0601. The number of aromatic nitrogens is 1. The molecular weight excluding hydrogens is 323 g/mol. The van der Waals surface area contributed by atoms with E-state index < -0.39 is 17.7 Å². The van der Waals surface area contributed by atoms with Crippen LogP contribution in [0.2, 0.25) is 5.02 Å². The van der Waals surface area contributed by atoms with Crippen molar-refractivity contribution in [3.05, 3.63) is 46.6 Å². The van der Waals surface area contributed by atoms with E-state index in [4.69, 9.17) is 21.4 Å². The molecule has 1 heterocycles. The van der Waals surface area contributed by atoms with Crippen molar-refractivity contribution in [2.45, 2.75) is 6.18 Å². The maximum atomic E-state index is 12.8. The van der Waals surface area contributed by atoms with Crippen LogP contribution in [0.15, 0.2) is 30.3 Å². The van der Waals surface area contributed by atoms with Gasteiger partial charge in [-0.2, -0.15) is 13.2 Å². The van der Waals surface area contributed by atoms with E-state index in [1.807, 2.05) is 0 Å². The molecule has 116 valence electrons. The summed E-state index contributed by atoms with van der Waals surface area (Å²) in [5, 5.41) is 8.91. The number of ether oxygens (including phenoxy) is 1. The van der Waals surface area contributed by atoms with Crippen molar-refractivity contribution in [1.29, 1.82) is 0 Å². The van der Waals surface area contributed by atoms with E-state index in [9.17, 15) is 18.0 Å². The number of benzene rings is 1. The number of halogens is 4. The zero-order valence-electron chi connectivity index (χ0n) is 11.1. The summed E-state index contributed by atoms with van der Waals surface area (Å²) in [5.41, 5.74) is -0.845. The van der Waals surface area contributed by atoms with Gasteiger partial charge in [-0.25, -0.2) is 9.78 Å². The maximum Gasteiger partial charge on any atom is 0.419 e. The number of pyridine rings is 1. The standard InChI is InChI=1S/C14H9ClF3NO3/c1-22-11-6-7(2-3-8(11)14(16,17)18)10-5-4-9(15)12(19-10)13(20)21/h2-6H,1H3,(H,20,21). The lowest BCUT2D eigenvalue weighted by molar-refractivity contribution is -0.138. The Morgan fingerprint density at radius 2 is 1.95 bits per heavy atom. The topological polar surface area (TPSA) is 59.4 Å². The van der Waals surface area contributed by atoms with Crippen molar-refractivity contribution in [1.82, 2.24) is 4.98 Å². The van der Waals surface area contributed by atoms with Gasteiger partial charge in [-0.3, -0.25) is 0 Å². The van der Waals surface area contributed by atoms with Crippen LogP contribution in [0.1, 0.15) is 16.1 Å². The number of nitrogens with zero attached hydrogens (tertiary/aromatic N) is 1. The van der Waals surface area contributed by atoms with Gasteiger partial charge in [0.1, 0.15) is 5.75 Å². The van der Waals surface area contributed by atoms with Gasteiger partial charge >= 0.3 is 12.1 Å². The van der Waals surface area contributed by atoms with Gasteiger partial charge in [0.2, 0.25) is 0 Å². The number of carbonyl (C=O) groups is 1. The molecule has 1 N–H and O–H groups in total. The van der Waals surface area contributed by atoms with Gasteiger partial charge in [0.15, 0.2) is 5.69 Å². The second-order valence-electron chi connectivity index (χ2n) is 4.24. The summed E-state index contributed by atoms with van der Waals surface area (Å²) < 4.78 is 43.2. The summed E-state index contributed by atoms with van der Waals surface area (Å²) in [5.74, 6) is -1.70. The first-order chi connectivity index (χ1) is 10.2. The van der Waals surface area contributed by atoms with Crippen molar-refractivity contribution >= 4 is 17.6 Å². The normalized spacial score (nSPS) is 11.3. The fraction of sp³-hybridized carbons (Fsp3) is 0.143. The summed E-state index contributed by atoms with van der Waals surface area (Å²) in [6, 6.07) is 5.91. The Hall–Kier alpha value is -2.28. The third kappa shape index (κ3) is 3.14. The molecule has 4 nitrogen and oxygen atoms in total. The molecule has 0 saturated heterocycles. The number of rotatable bonds is 3. The van der Waals surface area contributed by atoms with Crippen LogP contribution in [-0.4, -0.2) is 23.2 Å². The Morgan fingerprint density at radius 1 is 1.27 bits per heavy atom. The van der Waals surface area contributed by atoms with Crippen LogP contribution >= 0.6 is 11.6 Å². The number of hydrogen-bond donors (Lipinski definition) is 1. The summed E-state index contributed by atoms with van der Waals surface area (Å²) >= 11 is 5.71. The van der Waals surface area contributed by atoms with Crippen LogP contribution in [0.4, 0.5) is 13.2 Å². The molecule has 0 aliphatic heterocycles. The van der Waals surface area contributed by atoms with Crippen LogP contribution in [0, 0.1) is 0 Å². The van der Waals surface area contributed by atoms with Gasteiger partial charge in [-0.05, 0) is 24.3 Å². The van der Waals surface area contributed by atoms with Crippen molar-refractivity contribution < 1.29 is 27.8 Å². The van der Waals surface area contributed by atoms with E-state index in [1.54, 1.807) is 0 Å². The quantitative estimate of drug-likeness (QED) is 0.918. The van der Waals surface area contributed by atoms with Crippen LogP contribution in [-0.2, 0) is 6.18 Å². The smallest absolute Gasteiger partial charge is 0.419 e. The average molecular weight is 332 g/mol. The number of aromatic carboxylic acids is 1. The molecule has 2 aromatic rings. The Kier molecular flexibility index (Phi) is 4.27. The lowest BCUT2D eigenvalue weighted by atomic mass is 10.1. The highest BCUT2D eigenvalue weighted by atomic mass is 35.5. The maximum absolute atomic E-state index is 12.8. The minimum atomic E-state index is -4.55. The minimum Gasteiger partial charge on any atom is -0.496 e. The van der Waals surface area contributed by atoms with Crippen LogP contribution in [0.3, 0.4) is 0 Å². The number of carboxylic acids is 1. The molecule has 1 aromatic carbocycles. The molecule has 0 amide bonds. The molecule has 8 heteroatoms. The Morgan fingerprint density at radius 3 is 2.50 bits per heavy atom. The van der Waals surface area contributed by atoms with E-state index in [0.29, 0.717) is 0 Å². The first-order valence-electron chi connectivity index (χ1n) is 5.89. The second-order valence-corrected chi connectivity index (χ2v) is 4.65. The van der Waals surface area contributed by atoms with E-state index in [0.717, 1.165) is 19.2 Å². The van der Waals surface area contributed by atoms with Gasteiger partial charge in [-0.15, -0.1) is 0 Å². The Bertz CT molecular complexity index is 732. The summed E-state index contributed by atoms with van der Waals surface area (Å²) in [6.07, 6.45) is -4.55. The first-order valence-corrected chi connectivity index (χ1v) is 6.27. The zero-order valence-corrected chi connectivity index (χ0v) is 11.9. The lowest BCUT2D eigenvalue weighted by Gasteiger charge is -2.13. The van der Waals surface area contributed by atoms with Crippen molar-refractivity contribution in [3.8, 4) is 17.0 Å². The zero-order chi connectivity index (χ0) is 16.5. The van der Waals surface area contributed by atoms with Crippen LogP contribution in [0.5, 0.6) is 5.75 Å². The third-order valence-electron chi connectivity index (χ3n) is 2.85. The molecule has 0 fully saturated rings. The molecule has 0 unspecified atom stereocenters. The van der Waals surface area contributed by atoms with Crippen LogP contribution < -0.4 is 4.74 Å². The highest BCUT2D eigenvalue weighted by Gasteiger charge is 2.34. The van der Waals surface area contributed by atoms with E-state index in [2.05, 4.69) is 4.98 Å². The number of methoxy groups -OCH3 is 1. The van der Waals surface area contributed by atoms with Gasteiger partial charge in [0.25, 0.3) is 0 Å². The van der Waals surface area contributed by atoms with E-state index in [-0.39, 0.29) is 27.7 Å². The predicted octanol–water partition coefficient (Wildman–Crippen LogP) is 4.13. The third-order valence-corrected chi connectivity index (χ3v) is 3.16. The SMILES string of the molecule is COc1cc(-c2ccc(Cl)c(C(=O)O)n2)ccc1C(F)(F)F. The molecule has 0 aliphatic carbocycles. The second kappa shape index (κ2) is 5.84. The molecule has 0 spiro atoms. The molecule has 0 aliphatic rings. The first kappa shape index (κ1) is 16.1. The number of alkyl halides is 3. The van der Waals surface area contributed by atoms with Crippen molar-refractivity contribution in [3.63, 3.8) is 0 Å². The largest absolute Gasteiger partial charge is 0.496 e. The molecule has 0 bridgehead atoms. The molecule has 0 saturated carbocycles. The molecular formula is C14H9ClF3NO3. The molecule has 1 aromatic heterocycles. The number of carboxylic acid groups (broad SMARTS) is 1. The fourth-order valence-corrected chi connectivity index (χ4v) is 2.02. The van der Waals surface area contributed by atoms with Crippen molar-refractivity contribution in [2.75, 3.05) is 7.11 Å². The van der Waals surface area contributed by atoms with Gasteiger partial charge in [0.05, 0.1) is 23.4 Å². The highest BCUT2D eigenvalue weighted by Crippen LogP contribution is 2.38. The highest BCUT2D eigenvalue weighted by molar-refractivity contribution is 6.33. The molecule has 0 atom stereocenters. The van der Waals surface area contributed by atoms with Crippen molar-refractivity contribution in [2.24, 2.45) is 0 Å². The summed E-state index contributed by atoms with van der Waals surface area (Å²) in [6.45, 7) is 0. The molecule has 22 heavy (non-hydrogen) atoms. The van der Waals surface area contributed by atoms with Crippen LogP contribution in [0.25, 0.3) is 11.3 Å². The van der Waals surface area contributed by atoms with E-state index in [1.165, 1.54) is 18.2 Å². The van der Waals surface area contributed by atoms with Gasteiger partial charge in [0, 0.05) is 5.56 Å². The average Bonchev–Trinajstić information content (AvgIpc) is 2.45. The van der Waals surface area contributed by atoms with Gasteiger partial charge in [-0.1, -0.05) is 17.7 Å².